The Morgan fingerprint density at radius 2 is 1.93 bits per heavy atom. The van der Waals surface area contributed by atoms with Crippen LogP contribution in [-0.2, 0) is 11.1 Å². The zero-order valence-electron chi connectivity index (χ0n) is 8.54. The summed E-state index contributed by atoms with van der Waals surface area (Å²) in [5.74, 6) is 0. The van der Waals surface area contributed by atoms with E-state index >= 15 is 0 Å². The molecule has 0 aliphatic heterocycles. The van der Waals surface area contributed by atoms with Crippen LogP contribution in [0.2, 0.25) is 0 Å². The lowest BCUT2D eigenvalue weighted by molar-refractivity contribution is 0.257. The van der Waals surface area contributed by atoms with E-state index in [1.807, 2.05) is 18.2 Å². The van der Waals surface area contributed by atoms with Gasteiger partial charge >= 0.3 is 7.32 Å². The molecule has 0 spiro atoms. The summed E-state index contributed by atoms with van der Waals surface area (Å²) in [6, 6.07) is 10.2. The van der Waals surface area contributed by atoms with Gasteiger partial charge in [0, 0.05) is 0 Å². The van der Waals surface area contributed by atoms with Crippen molar-refractivity contribution < 1.29 is 14.7 Å². The zero-order valence-corrected chi connectivity index (χ0v) is 8.54. The van der Waals surface area contributed by atoms with Crippen molar-refractivity contribution in [2.24, 2.45) is 0 Å². The Morgan fingerprint density at radius 3 is 2.60 bits per heavy atom. The molecule has 0 fully saturated rings. The molecule has 0 radical (unpaired) electrons. The predicted molar refractivity (Wildman–Crippen MR) is 59.8 cm³/mol. The third-order valence-corrected chi connectivity index (χ3v) is 1.98. The molecule has 0 heterocycles. The van der Waals surface area contributed by atoms with Gasteiger partial charge in [0.05, 0.1) is 6.26 Å². The maximum absolute atomic E-state index is 8.37. The predicted octanol–water partition coefficient (Wildman–Crippen LogP) is 1.51. The molecule has 0 saturated carbocycles. The molecule has 0 bridgehead atoms. The van der Waals surface area contributed by atoms with E-state index in [0.717, 1.165) is 19.3 Å². The largest absolute Gasteiger partial charge is 0.707 e. The molecule has 80 valence electrons. The molecule has 4 heteroatoms. The fourth-order valence-corrected chi connectivity index (χ4v) is 1.26. The lowest BCUT2D eigenvalue weighted by Gasteiger charge is -1.98. The Bertz CT molecular complexity index is 285. The van der Waals surface area contributed by atoms with E-state index in [1.54, 1.807) is 6.08 Å². The molecule has 0 aliphatic rings. The minimum absolute atomic E-state index is 0.863. The fourth-order valence-electron chi connectivity index (χ4n) is 1.26. The van der Waals surface area contributed by atoms with Crippen LogP contribution in [0.15, 0.2) is 42.7 Å². The number of unbranched alkanes of at least 4 members (excludes halogenated alkanes) is 1. The van der Waals surface area contributed by atoms with Gasteiger partial charge in [-0.25, -0.2) is 0 Å². The third-order valence-electron chi connectivity index (χ3n) is 1.98. The lowest BCUT2D eigenvalue weighted by atomic mass is 10.1. The molecule has 1 aromatic rings. The number of benzene rings is 1. The number of hydrogen-bond donors (Lipinski definition) is 2. The summed E-state index contributed by atoms with van der Waals surface area (Å²) >= 11 is 0. The average Bonchev–Trinajstić information content (AvgIpc) is 2.24. The quantitative estimate of drug-likeness (QED) is 0.421. The van der Waals surface area contributed by atoms with Gasteiger partial charge in [-0.2, -0.15) is 0 Å². The van der Waals surface area contributed by atoms with E-state index < -0.39 is 7.32 Å². The van der Waals surface area contributed by atoms with Gasteiger partial charge in [-0.05, 0) is 24.8 Å². The van der Waals surface area contributed by atoms with E-state index in [4.69, 9.17) is 10.0 Å². The van der Waals surface area contributed by atoms with Crippen LogP contribution in [0.4, 0.5) is 0 Å². The summed E-state index contributed by atoms with van der Waals surface area (Å²) in [6.07, 6.45) is 6.00. The summed E-state index contributed by atoms with van der Waals surface area (Å²) in [7, 11) is -1.71. The molecule has 1 rings (SSSR count). The number of aryl methyl sites for hydroxylation is 1. The smallest absolute Gasteiger partial charge is 0.519 e. The second-order valence-corrected chi connectivity index (χ2v) is 3.21. The maximum Gasteiger partial charge on any atom is 0.707 e. The second kappa shape index (κ2) is 7.09. The Morgan fingerprint density at radius 1 is 1.20 bits per heavy atom. The van der Waals surface area contributed by atoms with Gasteiger partial charge in [0.1, 0.15) is 0 Å². The number of rotatable bonds is 6. The van der Waals surface area contributed by atoms with Crippen molar-refractivity contribution in [1.29, 1.82) is 0 Å². The van der Waals surface area contributed by atoms with Gasteiger partial charge < -0.3 is 14.7 Å². The molecular weight excluding hydrogens is 191 g/mol. The van der Waals surface area contributed by atoms with Gasteiger partial charge in [-0.1, -0.05) is 36.4 Å². The van der Waals surface area contributed by atoms with E-state index in [2.05, 4.69) is 16.8 Å². The first-order valence-corrected chi connectivity index (χ1v) is 4.99. The Kier molecular flexibility index (Phi) is 5.59. The van der Waals surface area contributed by atoms with Gasteiger partial charge in [0.15, 0.2) is 0 Å². The van der Waals surface area contributed by atoms with Crippen LogP contribution in [0.25, 0.3) is 0 Å². The first-order chi connectivity index (χ1) is 7.29. The van der Waals surface area contributed by atoms with Crippen molar-refractivity contribution >= 4 is 7.32 Å². The van der Waals surface area contributed by atoms with Crippen LogP contribution in [0.3, 0.4) is 0 Å². The first kappa shape index (κ1) is 11.8. The SMILES string of the molecule is OB(O)O/C=C/CCCc1ccccc1. The molecule has 15 heavy (non-hydrogen) atoms. The minimum Gasteiger partial charge on any atom is -0.519 e. The molecule has 2 N–H and O–H groups in total. The van der Waals surface area contributed by atoms with Crippen molar-refractivity contribution in [3.05, 3.63) is 48.2 Å². The van der Waals surface area contributed by atoms with Gasteiger partial charge in [0.25, 0.3) is 0 Å². The van der Waals surface area contributed by atoms with E-state index in [9.17, 15) is 0 Å². The summed E-state index contributed by atoms with van der Waals surface area (Å²) in [4.78, 5) is 0. The Hall–Kier alpha value is -1.26. The molecule has 0 aromatic heterocycles. The number of allylic oxidation sites excluding steroid dienone is 1. The summed E-state index contributed by atoms with van der Waals surface area (Å²) in [5.41, 5.74) is 1.31. The Labute approximate surface area is 90.2 Å². The highest BCUT2D eigenvalue weighted by molar-refractivity contribution is 6.32. The molecule has 0 aliphatic carbocycles. The van der Waals surface area contributed by atoms with Crippen LogP contribution in [0.1, 0.15) is 18.4 Å². The average molecular weight is 206 g/mol. The topological polar surface area (TPSA) is 49.7 Å². The van der Waals surface area contributed by atoms with Crippen LogP contribution < -0.4 is 0 Å². The summed E-state index contributed by atoms with van der Waals surface area (Å²) in [5, 5.41) is 16.7. The highest BCUT2D eigenvalue weighted by atomic mass is 16.6. The highest BCUT2D eigenvalue weighted by Crippen LogP contribution is 2.04. The molecule has 1 aromatic carbocycles. The second-order valence-electron chi connectivity index (χ2n) is 3.21. The van der Waals surface area contributed by atoms with Crippen molar-refractivity contribution in [3.63, 3.8) is 0 Å². The third kappa shape index (κ3) is 5.94. The monoisotopic (exact) mass is 206 g/mol. The lowest BCUT2D eigenvalue weighted by Crippen LogP contribution is -2.12. The number of hydrogen-bond acceptors (Lipinski definition) is 3. The maximum atomic E-state index is 8.37. The van der Waals surface area contributed by atoms with Crippen LogP contribution >= 0.6 is 0 Å². The highest BCUT2D eigenvalue weighted by Gasteiger charge is 2.05. The molecule has 0 amide bonds. The molecule has 0 saturated heterocycles. The standard InChI is InChI=1S/C11H15BO3/c13-12(14)15-10-6-2-5-9-11-7-3-1-4-8-11/h1,3-4,6-8,10,13-14H,2,5,9H2/b10-6+. The van der Waals surface area contributed by atoms with E-state index in [0.29, 0.717) is 0 Å². The summed E-state index contributed by atoms with van der Waals surface area (Å²) < 4.78 is 4.42. The van der Waals surface area contributed by atoms with Crippen LogP contribution in [0, 0.1) is 0 Å². The first-order valence-electron chi connectivity index (χ1n) is 4.99. The van der Waals surface area contributed by atoms with Gasteiger partial charge in [0.2, 0.25) is 0 Å². The van der Waals surface area contributed by atoms with Crippen molar-refractivity contribution in [2.45, 2.75) is 19.3 Å². The normalized spacial score (nSPS) is 10.5. The van der Waals surface area contributed by atoms with Crippen LogP contribution in [0.5, 0.6) is 0 Å². The molecule has 0 atom stereocenters. The van der Waals surface area contributed by atoms with E-state index in [-0.39, 0.29) is 0 Å². The van der Waals surface area contributed by atoms with Crippen molar-refractivity contribution in [3.8, 4) is 0 Å². The fraction of sp³-hybridized carbons (Fsp3) is 0.273. The van der Waals surface area contributed by atoms with Crippen LogP contribution in [-0.4, -0.2) is 17.4 Å². The van der Waals surface area contributed by atoms with Gasteiger partial charge in [-0.15, -0.1) is 0 Å². The molecule has 3 nitrogen and oxygen atoms in total. The van der Waals surface area contributed by atoms with Gasteiger partial charge in [-0.3, -0.25) is 0 Å². The van der Waals surface area contributed by atoms with Crippen molar-refractivity contribution in [2.75, 3.05) is 0 Å². The molecule has 0 unspecified atom stereocenters. The van der Waals surface area contributed by atoms with E-state index in [1.165, 1.54) is 11.8 Å². The minimum atomic E-state index is -1.71. The zero-order chi connectivity index (χ0) is 10.9. The molecular formula is C11H15BO3. The Balaban J connectivity index is 2.10. The van der Waals surface area contributed by atoms with Crippen molar-refractivity contribution in [1.82, 2.24) is 0 Å². The summed E-state index contributed by atoms with van der Waals surface area (Å²) in [6.45, 7) is 0.